The SMILES string of the molecule is CNCCC(c1ccccc1)n1nc(C)c2ccccc21. The Balaban J connectivity index is 2.10. The zero-order chi connectivity index (χ0) is 14.7. The van der Waals surface area contributed by atoms with Crippen molar-refractivity contribution in [3.63, 3.8) is 0 Å². The van der Waals surface area contributed by atoms with Gasteiger partial charge in [-0.05, 0) is 38.6 Å². The molecule has 0 bridgehead atoms. The van der Waals surface area contributed by atoms with Crippen molar-refractivity contribution in [2.24, 2.45) is 0 Å². The van der Waals surface area contributed by atoms with E-state index in [9.17, 15) is 0 Å². The van der Waals surface area contributed by atoms with Crippen LogP contribution in [0.15, 0.2) is 54.6 Å². The summed E-state index contributed by atoms with van der Waals surface area (Å²) in [5.74, 6) is 0. The fourth-order valence-electron chi connectivity index (χ4n) is 2.87. The lowest BCUT2D eigenvalue weighted by Crippen LogP contribution is -2.18. The number of hydrogen-bond acceptors (Lipinski definition) is 2. The molecular formula is C18H21N3. The first-order valence-corrected chi connectivity index (χ1v) is 7.44. The number of nitrogens with one attached hydrogen (secondary N) is 1. The summed E-state index contributed by atoms with van der Waals surface area (Å²) in [6.07, 6.45) is 1.02. The molecule has 21 heavy (non-hydrogen) atoms. The van der Waals surface area contributed by atoms with Gasteiger partial charge < -0.3 is 5.32 Å². The van der Waals surface area contributed by atoms with E-state index in [4.69, 9.17) is 5.10 Å². The Hall–Kier alpha value is -2.13. The van der Waals surface area contributed by atoms with Gasteiger partial charge in [-0.25, -0.2) is 0 Å². The van der Waals surface area contributed by atoms with Crippen molar-refractivity contribution in [1.82, 2.24) is 15.1 Å². The molecule has 0 spiro atoms. The van der Waals surface area contributed by atoms with E-state index in [1.165, 1.54) is 16.5 Å². The molecule has 1 aromatic heterocycles. The molecule has 0 aliphatic heterocycles. The Morgan fingerprint density at radius 3 is 2.52 bits per heavy atom. The molecule has 0 amide bonds. The summed E-state index contributed by atoms with van der Waals surface area (Å²) >= 11 is 0. The number of hydrogen-bond donors (Lipinski definition) is 1. The molecule has 1 N–H and O–H groups in total. The van der Waals surface area contributed by atoms with Crippen LogP contribution in [-0.2, 0) is 0 Å². The minimum Gasteiger partial charge on any atom is -0.320 e. The first kappa shape index (κ1) is 13.8. The van der Waals surface area contributed by atoms with Crippen LogP contribution in [0.1, 0.15) is 23.7 Å². The van der Waals surface area contributed by atoms with E-state index in [0.717, 1.165) is 18.7 Å². The molecule has 0 aliphatic carbocycles. The number of fused-ring (bicyclic) bond motifs is 1. The molecule has 0 saturated heterocycles. The maximum atomic E-state index is 4.81. The summed E-state index contributed by atoms with van der Waals surface area (Å²) in [5, 5.41) is 9.30. The van der Waals surface area contributed by atoms with Crippen molar-refractivity contribution >= 4 is 10.9 Å². The fourth-order valence-corrected chi connectivity index (χ4v) is 2.87. The second kappa shape index (κ2) is 6.10. The third kappa shape index (κ3) is 2.69. The summed E-state index contributed by atoms with van der Waals surface area (Å²) in [5.41, 5.74) is 3.61. The van der Waals surface area contributed by atoms with Gasteiger partial charge in [-0.2, -0.15) is 5.10 Å². The van der Waals surface area contributed by atoms with Crippen LogP contribution in [0.3, 0.4) is 0 Å². The average molecular weight is 279 g/mol. The molecule has 1 heterocycles. The van der Waals surface area contributed by atoms with E-state index in [0.29, 0.717) is 0 Å². The number of aromatic nitrogens is 2. The van der Waals surface area contributed by atoms with Crippen LogP contribution in [0.5, 0.6) is 0 Å². The second-order valence-electron chi connectivity index (χ2n) is 5.37. The van der Waals surface area contributed by atoms with E-state index in [1.807, 2.05) is 7.05 Å². The number of benzene rings is 2. The lowest BCUT2D eigenvalue weighted by atomic mass is 10.0. The quantitative estimate of drug-likeness (QED) is 0.774. The minimum atomic E-state index is 0.261. The van der Waals surface area contributed by atoms with E-state index < -0.39 is 0 Å². The molecule has 3 aromatic rings. The van der Waals surface area contributed by atoms with E-state index >= 15 is 0 Å². The number of aryl methyl sites for hydroxylation is 1. The summed E-state index contributed by atoms with van der Waals surface area (Å²) in [4.78, 5) is 0. The molecule has 1 unspecified atom stereocenters. The molecule has 3 heteroatoms. The van der Waals surface area contributed by atoms with Crippen molar-refractivity contribution < 1.29 is 0 Å². The highest BCUT2D eigenvalue weighted by molar-refractivity contribution is 5.81. The molecule has 0 fully saturated rings. The highest BCUT2D eigenvalue weighted by atomic mass is 15.3. The maximum Gasteiger partial charge on any atom is 0.0787 e. The Morgan fingerprint density at radius 2 is 1.76 bits per heavy atom. The van der Waals surface area contributed by atoms with Crippen LogP contribution in [0, 0.1) is 6.92 Å². The topological polar surface area (TPSA) is 29.9 Å². The first-order chi connectivity index (χ1) is 10.3. The van der Waals surface area contributed by atoms with Crippen LogP contribution in [0.4, 0.5) is 0 Å². The molecule has 0 radical (unpaired) electrons. The number of nitrogens with zero attached hydrogens (tertiary/aromatic N) is 2. The molecular weight excluding hydrogens is 258 g/mol. The maximum absolute atomic E-state index is 4.81. The van der Waals surface area contributed by atoms with Crippen LogP contribution >= 0.6 is 0 Å². The first-order valence-electron chi connectivity index (χ1n) is 7.44. The zero-order valence-electron chi connectivity index (χ0n) is 12.6. The molecule has 2 aromatic carbocycles. The molecule has 0 saturated carbocycles. The average Bonchev–Trinajstić information content (AvgIpc) is 2.87. The normalized spacial score (nSPS) is 12.7. The molecule has 0 aliphatic rings. The summed E-state index contributed by atoms with van der Waals surface area (Å²) < 4.78 is 2.18. The van der Waals surface area contributed by atoms with Crippen molar-refractivity contribution in [1.29, 1.82) is 0 Å². The molecule has 1 atom stereocenters. The van der Waals surface area contributed by atoms with E-state index in [-0.39, 0.29) is 6.04 Å². The predicted molar refractivity (Wildman–Crippen MR) is 87.6 cm³/mol. The minimum absolute atomic E-state index is 0.261. The standard InChI is InChI=1S/C18H21N3/c1-14-16-10-6-7-11-18(16)21(20-14)17(12-13-19-2)15-8-4-3-5-9-15/h3-11,17,19H,12-13H2,1-2H3. The van der Waals surface area contributed by atoms with E-state index in [1.54, 1.807) is 0 Å². The van der Waals surface area contributed by atoms with Gasteiger partial charge in [0, 0.05) is 5.39 Å². The van der Waals surface area contributed by atoms with Gasteiger partial charge in [-0.3, -0.25) is 4.68 Å². The molecule has 3 nitrogen and oxygen atoms in total. The summed E-state index contributed by atoms with van der Waals surface area (Å²) in [6.45, 7) is 3.05. The largest absolute Gasteiger partial charge is 0.320 e. The smallest absolute Gasteiger partial charge is 0.0787 e. The summed E-state index contributed by atoms with van der Waals surface area (Å²) in [6, 6.07) is 19.4. The zero-order valence-corrected chi connectivity index (χ0v) is 12.6. The highest BCUT2D eigenvalue weighted by Gasteiger charge is 2.17. The van der Waals surface area contributed by atoms with Crippen molar-refractivity contribution in [3.8, 4) is 0 Å². The Labute approximate surface area is 125 Å². The molecule has 3 rings (SSSR count). The van der Waals surface area contributed by atoms with Gasteiger partial charge in [0.15, 0.2) is 0 Å². The van der Waals surface area contributed by atoms with E-state index in [2.05, 4.69) is 71.5 Å². The third-order valence-electron chi connectivity index (χ3n) is 3.95. The lowest BCUT2D eigenvalue weighted by molar-refractivity contribution is 0.491. The predicted octanol–water partition coefficient (Wildman–Crippen LogP) is 3.54. The lowest BCUT2D eigenvalue weighted by Gasteiger charge is -2.19. The number of rotatable bonds is 5. The van der Waals surface area contributed by atoms with Crippen molar-refractivity contribution in [2.45, 2.75) is 19.4 Å². The third-order valence-corrected chi connectivity index (χ3v) is 3.95. The van der Waals surface area contributed by atoms with Crippen LogP contribution < -0.4 is 5.32 Å². The van der Waals surface area contributed by atoms with Gasteiger partial charge >= 0.3 is 0 Å². The van der Waals surface area contributed by atoms with Crippen molar-refractivity contribution in [2.75, 3.05) is 13.6 Å². The van der Waals surface area contributed by atoms with Gasteiger partial charge in [0.25, 0.3) is 0 Å². The van der Waals surface area contributed by atoms with Crippen LogP contribution in [0.25, 0.3) is 10.9 Å². The Kier molecular flexibility index (Phi) is 4.02. The van der Waals surface area contributed by atoms with Gasteiger partial charge in [0.1, 0.15) is 0 Å². The summed E-state index contributed by atoms with van der Waals surface area (Å²) in [7, 11) is 1.99. The second-order valence-corrected chi connectivity index (χ2v) is 5.37. The van der Waals surface area contributed by atoms with Crippen LogP contribution in [0.2, 0.25) is 0 Å². The van der Waals surface area contributed by atoms with Gasteiger partial charge in [-0.1, -0.05) is 48.5 Å². The monoisotopic (exact) mass is 279 g/mol. The van der Waals surface area contributed by atoms with Gasteiger partial charge in [0.2, 0.25) is 0 Å². The highest BCUT2D eigenvalue weighted by Crippen LogP contribution is 2.27. The Morgan fingerprint density at radius 1 is 1.05 bits per heavy atom. The van der Waals surface area contributed by atoms with Gasteiger partial charge in [-0.15, -0.1) is 0 Å². The van der Waals surface area contributed by atoms with Gasteiger partial charge in [0.05, 0.1) is 17.3 Å². The number of para-hydroxylation sites is 1. The Bertz CT molecular complexity index is 716. The van der Waals surface area contributed by atoms with Crippen LogP contribution in [-0.4, -0.2) is 23.4 Å². The van der Waals surface area contributed by atoms with Crippen molar-refractivity contribution in [3.05, 3.63) is 65.9 Å². The molecule has 108 valence electrons. The fraction of sp³-hybridized carbons (Fsp3) is 0.278.